The predicted octanol–water partition coefficient (Wildman–Crippen LogP) is -0.526. The highest BCUT2D eigenvalue weighted by Gasteiger charge is 2.29. The Balaban J connectivity index is 3.18. The number of cyclic esters (lactones) is 3. The van der Waals surface area contributed by atoms with Crippen molar-refractivity contribution in [2.45, 2.75) is 136 Å². The molecular weight excluding hydrogens is 720 g/mol. The van der Waals surface area contributed by atoms with Gasteiger partial charge in [0.2, 0.25) is 35.4 Å². The summed E-state index contributed by atoms with van der Waals surface area (Å²) in [6.07, 6.45) is -4.89. The molecule has 6 amide bonds. The first kappa shape index (κ1) is 47.1. The molecular formula is C33H54N6O15. The summed E-state index contributed by atoms with van der Waals surface area (Å²) >= 11 is 0. The quantitative estimate of drug-likeness (QED) is 0.119. The normalized spacial score (nSPS) is 26.5. The Bertz CT molecular complexity index is 1190. The van der Waals surface area contributed by atoms with Crippen LogP contribution in [0.5, 0.6) is 0 Å². The second-order valence-corrected chi connectivity index (χ2v) is 13.1. The average molecular weight is 775 g/mol. The van der Waals surface area contributed by atoms with Crippen molar-refractivity contribution in [1.29, 1.82) is 0 Å². The first-order chi connectivity index (χ1) is 25.2. The molecule has 6 unspecified atom stereocenters. The van der Waals surface area contributed by atoms with Crippen LogP contribution >= 0.6 is 0 Å². The van der Waals surface area contributed by atoms with Gasteiger partial charge in [0.05, 0.1) is 19.3 Å². The molecule has 1 saturated heterocycles. The molecule has 0 saturated carbocycles. The summed E-state index contributed by atoms with van der Waals surface area (Å²) in [6.45, 7) is 6.73. The molecule has 0 aliphatic carbocycles. The molecule has 0 bridgehead atoms. The maximum Gasteiger partial charge on any atom is 0.328 e. The summed E-state index contributed by atoms with van der Waals surface area (Å²) in [5.74, 6) is -7.02. The zero-order valence-corrected chi connectivity index (χ0v) is 31.5. The van der Waals surface area contributed by atoms with Crippen molar-refractivity contribution in [3.05, 3.63) is 0 Å². The van der Waals surface area contributed by atoms with E-state index >= 15 is 0 Å². The van der Waals surface area contributed by atoms with Crippen LogP contribution in [0.15, 0.2) is 0 Å². The first-order valence-electron chi connectivity index (χ1n) is 17.6. The largest absolute Gasteiger partial charge is 0.461 e. The predicted molar refractivity (Wildman–Crippen MR) is 182 cm³/mol. The van der Waals surface area contributed by atoms with Gasteiger partial charge in [-0.3, -0.25) is 44.4 Å². The first-order valence-corrected chi connectivity index (χ1v) is 17.6. The maximum atomic E-state index is 12.9. The number of hydrogen-bond donors (Lipinski definition) is 6. The van der Waals surface area contributed by atoms with Gasteiger partial charge in [-0.05, 0) is 59.3 Å². The zero-order chi connectivity index (χ0) is 41.1. The molecule has 1 aliphatic rings. The Morgan fingerprint density at radius 2 is 0.722 bits per heavy atom. The van der Waals surface area contributed by atoms with E-state index in [1.54, 1.807) is 0 Å². The summed E-state index contributed by atoms with van der Waals surface area (Å²) in [7, 11) is 0. The number of esters is 3. The summed E-state index contributed by atoms with van der Waals surface area (Å²) in [4.78, 5) is 112. The van der Waals surface area contributed by atoms with Crippen LogP contribution in [0.2, 0.25) is 0 Å². The highest BCUT2D eigenvalue weighted by atomic mass is 16.6. The Labute approximate surface area is 312 Å². The fourth-order valence-corrected chi connectivity index (χ4v) is 5.21. The van der Waals surface area contributed by atoms with E-state index in [1.807, 2.05) is 0 Å². The van der Waals surface area contributed by atoms with Gasteiger partial charge >= 0.3 is 17.9 Å². The molecule has 0 aromatic heterocycles. The van der Waals surface area contributed by atoms with Crippen molar-refractivity contribution in [2.75, 3.05) is 19.6 Å². The second-order valence-electron chi connectivity index (χ2n) is 13.1. The van der Waals surface area contributed by atoms with Crippen LogP contribution < -0.4 is 16.0 Å². The number of nitrogens with one attached hydrogen (secondary N) is 3. The minimum absolute atomic E-state index is 0.00486. The molecule has 1 aliphatic heterocycles. The summed E-state index contributed by atoms with van der Waals surface area (Å²) < 4.78 is 15.9. The number of nitrogens with zero attached hydrogens (tertiary/aromatic N) is 3. The molecule has 1 rings (SSSR count). The summed E-state index contributed by atoms with van der Waals surface area (Å²) in [5.41, 5.74) is 0. The molecule has 21 heteroatoms. The van der Waals surface area contributed by atoms with Gasteiger partial charge in [0.25, 0.3) is 0 Å². The van der Waals surface area contributed by atoms with E-state index in [-0.39, 0.29) is 58.2 Å². The Morgan fingerprint density at radius 3 is 0.926 bits per heavy atom. The van der Waals surface area contributed by atoms with Crippen LogP contribution in [0.4, 0.5) is 0 Å². The van der Waals surface area contributed by atoms with Crippen molar-refractivity contribution in [1.82, 2.24) is 31.1 Å². The van der Waals surface area contributed by atoms with E-state index in [4.69, 9.17) is 14.2 Å². The lowest BCUT2D eigenvalue weighted by molar-refractivity contribution is -0.170. The third-order valence-electron chi connectivity index (χ3n) is 7.78. The highest BCUT2D eigenvalue weighted by Crippen LogP contribution is 2.13. The van der Waals surface area contributed by atoms with Crippen LogP contribution in [0.1, 0.15) is 99.3 Å². The van der Waals surface area contributed by atoms with Gasteiger partial charge in [-0.15, -0.1) is 0 Å². The average Bonchev–Trinajstić information content (AvgIpc) is 3.05. The highest BCUT2D eigenvalue weighted by molar-refractivity contribution is 5.85. The molecule has 1 heterocycles. The fourth-order valence-electron chi connectivity index (χ4n) is 5.21. The van der Waals surface area contributed by atoms with Gasteiger partial charge in [-0.2, -0.15) is 0 Å². The van der Waals surface area contributed by atoms with Gasteiger partial charge in [0.1, 0.15) is 36.4 Å². The lowest BCUT2D eigenvalue weighted by Crippen LogP contribution is -2.44. The van der Waals surface area contributed by atoms with E-state index in [9.17, 15) is 58.8 Å². The monoisotopic (exact) mass is 774 g/mol. The van der Waals surface area contributed by atoms with Crippen molar-refractivity contribution < 1.29 is 73.0 Å². The number of carbonyl (C=O) groups excluding carboxylic acids is 9. The number of hydroxylamine groups is 6. The third kappa shape index (κ3) is 18.7. The topological polar surface area (TPSA) is 288 Å². The minimum Gasteiger partial charge on any atom is -0.461 e. The molecule has 6 N–H and O–H groups in total. The van der Waals surface area contributed by atoms with Crippen LogP contribution in [-0.4, -0.2) is 140 Å². The van der Waals surface area contributed by atoms with E-state index < -0.39 is 109 Å². The fraction of sp³-hybridized carbons (Fsp3) is 0.727. The molecule has 54 heavy (non-hydrogen) atoms. The van der Waals surface area contributed by atoms with Gasteiger partial charge in [0, 0.05) is 40.4 Å². The molecule has 0 aromatic carbocycles. The van der Waals surface area contributed by atoms with Gasteiger partial charge in [0.15, 0.2) is 0 Å². The van der Waals surface area contributed by atoms with E-state index in [0.717, 1.165) is 20.8 Å². The van der Waals surface area contributed by atoms with Gasteiger partial charge in [-0.25, -0.2) is 29.6 Å². The standard InChI is InChI=1S/C33H54N6O15/c1-19-16-28(43)37(49)13-8-11-26(35-23(5)41)32(47)53-21(3)18-30(45)39(51)15-9-12-27(36-24(6)42)33(48)54-20(2)17-29(44)38(50)14-7-10-25(31(46)52-19)34-22(4)40/h19-21,25-27,49-51H,7-18H2,1-6H3,(H,34,40)(H,35,41)(H,36,42). The molecule has 306 valence electrons. The zero-order valence-electron chi connectivity index (χ0n) is 31.5. The molecule has 1 fully saturated rings. The van der Waals surface area contributed by atoms with E-state index in [2.05, 4.69) is 16.0 Å². The van der Waals surface area contributed by atoms with Gasteiger partial charge < -0.3 is 30.2 Å². The molecule has 21 nitrogen and oxygen atoms in total. The number of hydrogen-bond acceptors (Lipinski definition) is 15. The molecule has 6 atom stereocenters. The van der Waals surface area contributed by atoms with Crippen LogP contribution in [-0.2, 0) is 57.4 Å². The third-order valence-corrected chi connectivity index (χ3v) is 7.78. The van der Waals surface area contributed by atoms with Crippen molar-refractivity contribution in [3.8, 4) is 0 Å². The van der Waals surface area contributed by atoms with Gasteiger partial charge in [-0.1, -0.05) is 0 Å². The number of carbonyl (C=O) groups is 9. The molecule has 0 radical (unpaired) electrons. The number of ether oxygens (including phenoxy) is 3. The van der Waals surface area contributed by atoms with Crippen molar-refractivity contribution in [2.24, 2.45) is 0 Å². The van der Waals surface area contributed by atoms with Crippen LogP contribution in [0.3, 0.4) is 0 Å². The second kappa shape index (κ2) is 23.7. The number of amides is 6. The van der Waals surface area contributed by atoms with Crippen LogP contribution in [0.25, 0.3) is 0 Å². The Morgan fingerprint density at radius 1 is 0.500 bits per heavy atom. The van der Waals surface area contributed by atoms with Crippen LogP contribution in [0, 0.1) is 0 Å². The van der Waals surface area contributed by atoms with E-state index in [0.29, 0.717) is 15.2 Å². The molecule has 0 spiro atoms. The summed E-state index contributed by atoms with van der Waals surface area (Å²) in [6, 6.07) is -3.66. The molecule has 0 aromatic rings. The minimum atomic E-state index is -1.22. The Kier molecular flexibility index (Phi) is 20.7. The smallest absolute Gasteiger partial charge is 0.328 e. The maximum absolute atomic E-state index is 12.9. The summed E-state index contributed by atoms with van der Waals surface area (Å²) in [5, 5.41) is 39.2. The SMILES string of the molecule is CC(=O)NC1CCCN(O)C(=O)CC(C)OC(=O)C(NC(C)=O)CCCN(O)C(=O)CC(C)OC(=O)C(NC(C)=O)CCCN(O)C(=O)CC(C)OC1=O. The Hall–Kier alpha value is -4.89. The van der Waals surface area contributed by atoms with Crippen molar-refractivity contribution in [3.63, 3.8) is 0 Å². The van der Waals surface area contributed by atoms with Crippen molar-refractivity contribution >= 4 is 53.4 Å². The lowest BCUT2D eigenvalue weighted by Gasteiger charge is -2.24. The number of rotatable bonds is 3. The van der Waals surface area contributed by atoms with E-state index in [1.165, 1.54) is 20.8 Å². The lowest BCUT2D eigenvalue weighted by atomic mass is 10.1.